The van der Waals surface area contributed by atoms with Crippen LogP contribution in [0, 0.1) is 6.92 Å². The van der Waals surface area contributed by atoms with Crippen LogP contribution >= 0.6 is 11.3 Å². The Morgan fingerprint density at radius 3 is 1.86 bits per heavy atom. The van der Waals surface area contributed by atoms with Crippen LogP contribution in [0.5, 0.6) is 0 Å². The van der Waals surface area contributed by atoms with Crippen LogP contribution in [0.15, 0.2) is 152 Å². The quantitative estimate of drug-likeness (QED) is 0.183. The highest BCUT2D eigenvalue weighted by Gasteiger charge is 2.19. The summed E-state index contributed by atoms with van der Waals surface area (Å²) in [6.45, 7) is 2.22. The molecular weight excluding hydrogens is 549 g/mol. The fraction of sp³-hybridized carbons (Fsp3) is 0.0233. The van der Waals surface area contributed by atoms with Crippen LogP contribution in [0.4, 0.5) is 0 Å². The number of hydrogen-bond acceptors (Lipinski definition) is 1. The molecule has 0 N–H and O–H groups in total. The zero-order chi connectivity index (χ0) is 30.1. The summed E-state index contributed by atoms with van der Waals surface area (Å²) in [6.07, 6.45) is 0. The molecule has 0 aliphatic heterocycles. The van der Waals surface area contributed by atoms with Gasteiger partial charge in [-0.2, -0.15) is 0 Å². The smallest absolute Gasteiger partial charge is 0.0623 e. The maximum absolute atomic E-state index is 7.95. The number of thiophene rings is 1. The van der Waals surface area contributed by atoms with Crippen LogP contribution in [0.25, 0.3) is 85.9 Å². The van der Waals surface area contributed by atoms with Crippen molar-refractivity contribution >= 4 is 63.8 Å². The Morgan fingerprint density at radius 1 is 0.477 bits per heavy atom. The van der Waals surface area contributed by atoms with Crippen molar-refractivity contribution in [2.24, 2.45) is 0 Å². The second-order valence-corrected chi connectivity index (χ2v) is 12.7. The summed E-state index contributed by atoms with van der Waals surface area (Å²) >= 11 is 1.90. The van der Waals surface area contributed by atoms with Crippen molar-refractivity contribution in [1.29, 1.82) is 0 Å². The molecule has 0 bridgehead atoms. The molecule has 1 heteroatoms. The highest BCUT2D eigenvalue weighted by Crippen LogP contribution is 2.48. The monoisotopic (exact) mass is 577 g/mol. The van der Waals surface area contributed by atoms with Gasteiger partial charge in [-0.1, -0.05) is 140 Å². The predicted octanol–water partition coefficient (Wildman–Crippen LogP) is 12.8. The topological polar surface area (TPSA) is 0 Å². The standard InChI is InChI=1S/C43H28S/c1-27-10-8-18-38-42-37(17-9-19-39(42)44-43(27)38)41-35-15-6-4-13-33(35)40(34-14-5-7-16-36(34)41)30-23-20-29(21-24-30)32-25-22-28-11-2-3-12-31(28)26-32/h2-26H,1H3/i2D. The predicted molar refractivity (Wildman–Crippen MR) is 193 cm³/mol. The Labute approximate surface area is 261 Å². The lowest BCUT2D eigenvalue weighted by atomic mass is 9.84. The van der Waals surface area contributed by atoms with E-state index in [1.54, 1.807) is 0 Å². The molecule has 0 amide bonds. The fourth-order valence-corrected chi connectivity index (χ4v) is 8.26. The largest absolute Gasteiger partial charge is 0.135 e. The van der Waals surface area contributed by atoms with E-state index in [1.165, 1.54) is 80.7 Å². The Morgan fingerprint density at radius 2 is 1.11 bits per heavy atom. The normalized spacial score (nSPS) is 12.1. The molecule has 0 aliphatic carbocycles. The Kier molecular flexibility index (Phi) is 5.46. The van der Waals surface area contributed by atoms with Gasteiger partial charge in [0.25, 0.3) is 0 Å². The summed E-state index contributed by atoms with van der Waals surface area (Å²) in [7, 11) is 0. The number of rotatable bonds is 3. The SMILES string of the molecule is [2H]c1ccc2cc(-c3ccc(-c4c5ccccc5c(-c5cccc6sc7c(C)cccc7c56)c5ccccc45)cc3)ccc2c1. The molecule has 9 aromatic rings. The van der Waals surface area contributed by atoms with Crippen LogP contribution in [0.1, 0.15) is 6.93 Å². The molecule has 0 unspecified atom stereocenters. The van der Waals surface area contributed by atoms with Gasteiger partial charge in [-0.3, -0.25) is 0 Å². The lowest BCUT2D eigenvalue weighted by molar-refractivity contribution is 1.56. The molecule has 1 heterocycles. The van der Waals surface area contributed by atoms with E-state index in [2.05, 4.69) is 134 Å². The Bertz CT molecular complexity index is 2550. The summed E-state index contributed by atoms with van der Waals surface area (Å²) in [5.41, 5.74) is 8.80. The first-order valence-corrected chi connectivity index (χ1v) is 15.9. The molecule has 9 rings (SSSR count). The lowest BCUT2D eigenvalue weighted by Gasteiger charge is -2.18. The van der Waals surface area contributed by atoms with Crippen LogP contribution in [0.2, 0.25) is 0 Å². The van der Waals surface area contributed by atoms with Crippen LogP contribution in [-0.4, -0.2) is 0 Å². The minimum atomic E-state index is 0.542. The minimum Gasteiger partial charge on any atom is -0.135 e. The van der Waals surface area contributed by atoms with Crippen molar-refractivity contribution in [1.82, 2.24) is 0 Å². The third kappa shape index (κ3) is 3.83. The van der Waals surface area contributed by atoms with Gasteiger partial charge < -0.3 is 0 Å². The molecule has 0 saturated heterocycles. The van der Waals surface area contributed by atoms with Gasteiger partial charge in [0.05, 0.1) is 1.37 Å². The summed E-state index contributed by atoms with van der Waals surface area (Å²) < 4.78 is 10.7. The van der Waals surface area contributed by atoms with E-state index in [-0.39, 0.29) is 0 Å². The minimum absolute atomic E-state index is 0.542. The Balaban J connectivity index is 1.27. The molecule has 44 heavy (non-hydrogen) atoms. The van der Waals surface area contributed by atoms with Gasteiger partial charge in [0.2, 0.25) is 0 Å². The highest BCUT2D eigenvalue weighted by molar-refractivity contribution is 7.26. The van der Waals surface area contributed by atoms with E-state index in [0.717, 1.165) is 10.8 Å². The van der Waals surface area contributed by atoms with E-state index >= 15 is 0 Å². The van der Waals surface area contributed by atoms with Crippen molar-refractivity contribution in [3.63, 3.8) is 0 Å². The van der Waals surface area contributed by atoms with E-state index in [0.29, 0.717) is 6.04 Å². The summed E-state index contributed by atoms with van der Waals surface area (Å²) in [4.78, 5) is 0. The third-order valence-electron chi connectivity index (χ3n) is 9.11. The second-order valence-electron chi connectivity index (χ2n) is 11.6. The molecule has 206 valence electrons. The molecule has 0 saturated carbocycles. The first-order valence-electron chi connectivity index (χ1n) is 15.6. The average Bonchev–Trinajstić information content (AvgIpc) is 3.48. The number of aryl methyl sites for hydroxylation is 1. The van der Waals surface area contributed by atoms with E-state index in [4.69, 9.17) is 1.37 Å². The van der Waals surface area contributed by atoms with Crippen molar-refractivity contribution < 1.29 is 1.37 Å². The van der Waals surface area contributed by atoms with Crippen molar-refractivity contribution in [3.8, 4) is 33.4 Å². The molecule has 0 fully saturated rings. The zero-order valence-electron chi connectivity index (χ0n) is 25.3. The average molecular weight is 578 g/mol. The van der Waals surface area contributed by atoms with Crippen molar-refractivity contribution in [3.05, 3.63) is 157 Å². The molecule has 8 aromatic carbocycles. The van der Waals surface area contributed by atoms with Crippen LogP contribution in [-0.2, 0) is 0 Å². The molecule has 0 spiro atoms. The van der Waals surface area contributed by atoms with Gasteiger partial charge >= 0.3 is 0 Å². The molecule has 0 nitrogen and oxygen atoms in total. The van der Waals surface area contributed by atoms with Crippen LogP contribution < -0.4 is 0 Å². The Hall–Kier alpha value is -5.24. The number of hydrogen-bond donors (Lipinski definition) is 0. The summed E-state index contributed by atoms with van der Waals surface area (Å²) in [5.74, 6) is 0. The third-order valence-corrected chi connectivity index (χ3v) is 10.4. The molecule has 0 atom stereocenters. The van der Waals surface area contributed by atoms with Gasteiger partial charge in [0, 0.05) is 20.2 Å². The summed E-state index contributed by atoms with van der Waals surface area (Å²) in [5, 5.41) is 10.0. The van der Waals surface area contributed by atoms with Crippen molar-refractivity contribution in [2.45, 2.75) is 6.92 Å². The van der Waals surface area contributed by atoms with Gasteiger partial charge in [-0.15, -0.1) is 11.3 Å². The number of benzene rings is 8. The van der Waals surface area contributed by atoms with Crippen molar-refractivity contribution in [2.75, 3.05) is 0 Å². The maximum Gasteiger partial charge on any atom is 0.0623 e. The zero-order valence-corrected chi connectivity index (χ0v) is 25.1. The first-order chi connectivity index (χ1) is 22.1. The second kappa shape index (κ2) is 9.91. The first kappa shape index (κ1) is 24.2. The molecule has 0 aliphatic rings. The maximum atomic E-state index is 7.95. The highest BCUT2D eigenvalue weighted by atomic mass is 32.1. The lowest BCUT2D eigenvalue weighted by Crippen LogP contribution is -1.91. The van der Waals surface area contributed by atoms with Gasteiger partial charge in [0.15, 0.2) is 0 Å². The van der Waals surface area contributed by atoms with Gasteiger partial charge in [-0.05, 0) is 90.3 Å². The van der Waals surface area contributed by atoms with E-state index < -0.39 is 0 Å². The van der Waals surface area contributed by atoms with Gasteiger partial charge in [0.1, 0.15) is 0 Å². The van der Waals surface area contributed by atoms with Crippen LogP contribution in [0.3, 0.4) is 0 Å². The molecule has 1 aromatic heterocycles. The molecule has 0 radical (unpaired) electrons. The van der Waals surface area contributed by atoms with E-state index in [9.17, 15) is 0 Å². The van der Waals surface area contributed by atoms with Gasteiger partial charge in [-0.25, -0.2) is 0 Å². The molecular formula is C43H28S. The fourth-order valence-electron chi connectivity index (χ4n) is 7.06. The number of fused-ring (bicyclic) bond motifs is 6. The summed E-state index contributed by atoms with van der Waals surface area (Å²) in [6, 6.07) is 53.2. The van der Waals surface area contributed by atoms with E-state index in [1.807, 2.05) is 29.5 Å².